The molecule has 1 heterocycles. The number of ether oxygens (including phenoxy) is 1. The molecule has 3 nitrogen and oxygen atoms in total. The van der Waals surface area contributed by atoms with Crippen LogP contribution in [0.25, 0.3) is 11.0 Å². The molecule has 4 heteroatoms. The van der Waals surface area contributed by atoms with Crippen molar-refractivity contribution in [2.75, 3.05) is 0 Å². The Balaban J connectivity index is 1.72. The fraction of sp³-hybridized carbons (Fsp3) is 0.286. The Morgan fingerprint density at radius 1 is 1.12 bits per heavy atom. The van der Waals surface area contributed by atoms with Crippen molar-refractivity contribution < 1.29 is 9.15 Å². The van der Waals surface area contributed by atoms with Gasteiger partial charge in [0, 0.05) is 17.0 Å². The van der Waals surface area contributed by atoms with Crippen LogP contribution in [-0.2, 0) is 19.4 Å². The van der Waals surface area contributed by atoms with Crippen LogP contribution in [-0.4, -0.2) is 0 Å². The topological polar surface area (TPSA) is 39.4 Å². The maximum atomic E-state index is 12.3. The standard InChI is InChI=1S/C21H19ClO3/c1-13-6-2-3-7-14(13)12-24-20-11-19-17(10-18(20)22)15-8-4-5-9-16(15)21(23)25-19/h2-3,6-7,10-11H,4-5,8-9,12H2,1H3. The molecule has 0 amide bonds. The number of fused-ring (bicyclic) bond motifs is 3. The summed E-state index contributed by atoms with van der Waals surface area (Å²) >= 11 is 6.45. The van der Waals surface area contributed by atoms with Gasteiger partial charge in [-0.3, -0.25) is 0 Å². The summed E-state index contributed by atoms with van der Waals surface area (Å²) in [6.07, 6.45) is 3.82. The SMILES string of the molecule is Cc1ccccc1COc1cc2oc(=O)c3c(c2cc1Cl)CCCC3. The Labute approximate surface area is 151 Å². The Kier molecular flexibility index (Phi) is 4.26. The van der Waals surface area contributed by atoms with E-state index >= 15 is 0 Å². The van der Waals surface area contributed by atoms with Crippen LogP contribution in [0, 0.1) is 6.92 Å². The highest BCUT2D eigenvalue weighted by atomic mass is 35.5. The predicted octanol–water partition coefficient (Wildman–Crippen LogP) is 5.21. The van der Waals surface area contributed by atoms with Crippen molar-refractivity contribution in [2.45, 2.75) is 39.2 Å². The first kappa shape index (κ1) is 16.2. The van der Waals surface area contributed by atoms with Gasteiger partial charge < -0.3 is 9.15 Å². The molecule has 25 heavy (non-hydrogen) atoms. The summed E-state index contributed by atoms with van der Waals surface area (Å²) in [7, 11) is 0. The molecule has 0 bridgehead atoms. The van der Waals surface area contributed by atoms with Crippen molar-refractivity contribution in [3.8, 4) is 5.75 Å². The van der Waals surface area contributed by atoms with Crippen LogP contribution in [0.1, 0.15) is 35.1 Å². The second-order valence-corrected chi connectivity index (χ2v) is 6.95. The summed E-state index contributed by atoms with van der Waals surface area (Å²) in [5.41, 5.74) is 4.49. The van der Waals surface area contributed by atoms with Gasteiger partial charge in [0.05, 0.1) is 5.02 Å². The third-order valence-corrected chi connectivity index (χ3v) is 5.22. The van der Waals surface area contributed by atoms with Gasteiger partial charge in [-0.1, -0.05) is 35.9 Å². The van der Waals surface area contributed by atoms with Crippen LogP contribution >= 0.6 is 11.6 Å². The van der Waals surface area contributed by atoms with Gasteiger partial charge in [0.2, 0.25) is 0 Å². The van der Waals surface area contributed by atoms with Gasteiger partial charge >= 0.3 is 5.63 Å². The van der Waals surface area contributed by atoms with Gasteiger partial charge in [0.1, 0.15) is 17.9 Å². The molecule has 0 fully saturated rings. The molecule has 0 radical (unpaired) electrons. The quantitative estimate of drug-likeness (QED) is 0.606. The molecule has 0 saturated heterocycles. The fourth-order valence-electron chi connectivity index (χ4n) is 3.48. The minimum absolute atomic E-state index is 0.227. The molecule has 0 saturated carbocycles. The lowest BCUT2D eigenvalue weighted by molar-refractivity contribution is 0.305. The van der Waals surface area contributed by atoms with Crippen molar-refractivity contribution >= 4 is 22.6 Å². The zero-order valence-electron chi connectivity index (χ0n) is 14.1. The van der Waals surface area contributed by atoms with Gasteiger partial charge in [0.15, 0.2) is 0 Å². The smallest absolute Gasteiger partial charge is 0.339 e. The summed E-state index contributed by atoms with van der Waals surface area (Å²) < 4.78 is 11.4. The van der Waals surface area contributed by atoms with Crippen LogP contribution in [0.4, 0.5) is 0 Å². The van der Waals surface area contributed by atoms with Crippen molar-refractivity contribution in [3.05, 3.63) is 74.1 Å². The first-order valence-corrected chi connectivity index (χ1v) is 8.96. The molecule has 0 aliphatic heterocycles. The molecule has 0 unspecified atom stereocenters. The van der Waals surface area contributed by atoms with Crippen molar-refractivity contribution in [3.63, 3.8) is 0 Å². The first-order valence-electron chi connectivity index (χ1n) is 8.59. The number of rotatable bonds is 3. The molecule has 0 atom stereocenters. The van der Waals surface area contributed by atoms with E-state index in [9.17, 15) is 4.79 Å². The molecule has 2 aromatic carbocycles. The highest BCUT2D eigenvalue weighted by Crippen LogP contribution is 2.34. The second kappa shape index (κ2) is 6.57. The van der Waals surface area contributed by atoms with Gasteiger partial charge in [0.25, 0.3) is 0 Å². The van der Waals surface area contributed by atoms with Crippen LogP contribution in [0.15, 0.2) is 45.6 Å². The number of hydrogen-bond donors (Lipinski definition) is 0. The first-order chi connectivity index (χ1) is 12.1. The van der Waals surface area contributed by atoms with E-state index < -0.39 is 0 Å². The zero-order valence-corrected chi connectivity index (χ0v) is 14.9. The summed E-state index contributed by atoms with van der Waals surface area (Å²) in [4.78, 5) is 12.3. The van der Waals surface area contributed by atoms with E-state index in [1.807, 2.05) is 37.3 Å². The van der Waals surface area contributed by atoms with E-state index in [-0.39, 0.29) is 5.63 Å². The number of hydrogen-bond acceptors (Lipinski definition) is 3. The Bertz CT molecular complexity index is 1000. The highest BCUT2D eigenvalue weighted by Gasteiger charge is 2.19. The largest absolute Gasteiger partial charge is 0.487 e. The maximum Gasteiger partial charge on any atom is 0.339 e. The normalized spacial score (nSPS) is 13.7. The molecule has 4 rings (SSSR count). The molecule has 1 aliphatic carbocycles. The minimum Gasteiger partial charge on any atom is -0.487 e. The molecule has 1 aliphatic rings. The maximum absolute atomic E-state index is 12.3. The third kappa shape index (κ3) is 3.05. The molecule has 0 N–H and O–H groups in total. The second-order valence-electron chi connectivity index (χ2n) is 6.55. The average molecular weight is 355 g/mol. The van der Waals surface area contributed by atoms with Crippen LogP contribution in [0.3, 0.4) is 0 Å². The van der Waals surface area contributed by atoms with Gasteiger partial charge in [-0.05, 0) is 55.4 Å². The van der Waals surface area contributed by atoms with Crippen molar-refractivity contribution in [2.24, 2.45) is 0 Å². The van der Waals surface area contributed by atoms with Crippen molar-refractivity contribution in [1.82, 2.24) is 0 Å². The van der Waals surface area contributed by atoms with E-state index in [4.69, 9.17) is 20.8 Å². The Hall–Kier alpha value is -2.26. The molecule has 3 aromatic rings. The highest BCUT2D eigenvalue weighted by molar-refractivity contribution is 6.32. The predicted molar refractivity (Wildman–Crippen MR) is 99.6 cm³/mol. The summed E-state index contributed by atoms with van der Waals surface area (Å²) in [5.74, 6) is 0.538. The molecule has 0 spiro atoms. The minimum atomic E-state index is -0.227. The van der Waals surface area contributed by atoms with E-state index in [1.165, 1.54) is 5.56 Å². The molecule has 1 aromatic heterocycles. The van der Waals surface area contributed by atoms with E-state index in [0.29, 0.717) is 23.0 Å². The van der Waals surface area contributed by atoms with Crippen LogP contribution < -0.4 is 10.4 Å². The van der Waals surface area contributed by atoms with E-state index in [1.54, 1.807) is 6.07 Å². The van der Waals surface area contributed by atoms with Gasteiger partial charge in [-0.15, -0.1) is 0 Å². The van der Waals surface area contributed by atoms with Gasteiger partial charge in [-0.25, -0.2) is 4.79 Å². The summed E-state index contributed by atoms with van der Waals surface area (Å²) in [6, 6.07) is 11.7. The molecule has 128 valence electrons. The Morgan fingerprint density at radius 2 is 1.88 bits per heavy atom. The number of halogens is 1. The third-order valence-electron chi connectivity index (χ3n) is 4.92. The lowest BCUT2D eigenvalue weighted by Crippen LogP contribution is -2.15. The van der Waals surface area contributed by atoms with Crippen LogP contribution in [0.5, 0.6) is 5.75 Å². The summed E-state index contributed by atoms with van der Waals surface area (Å²) in [6.45, 7) is 2.47. The summed E-state index contributed by atoms with van der Waals surface area (Å²) in [5, 5.41) is 1.48. The average Bonchev–Trinajstić information content (AvgIpc) is 2.62. The lowest BCUT2D eigenvalue weighted by atomic mass is 9.91. The van der Waals surface area contributed by atoms with Crippen LogP contribution in [0.2, 0.25) is 5.02 Å². The zero-order chi connectivity index (χ0) is 17.4. The number of aryl methyl sites for hydroxylation is 2. The monoisotopic (exact) mass is 354 g/mol. The lowest BCUT2D eigenvalue weighted by Gasteiger charge is -2.17. The number of benzene rings is 2. The molecular formula is C21H19ClO3. The van der Waals surface area contributed by atoms with Gasteiger partial charge in [-0.2, -0.15) is 0 Å². The Morgan fingerprint density at radius 3 is 2.68 bits per heavy atom. The van der Waals surface area contributed by atoms with Crippen molar-refractivity contribution in [1.29, 1.82) is 0 Å². The van der Waals surface area contributed by atoms with E-state index in [0.717, 1.165) is 47.8 Å². The fourth-order valence-corrected chi connectivity index (χ4v) is 3.70. The molecular weight excluding hydrogens is 336 g/mol. The van der Waals surface area contributed by atoms with E-state index in [2.05, 4.69) is 0 Å².